The third kappa shape index (κ3) is 4.47. The minimum absolute atomic E-state index is 0.0817. The van der Waals surface area contributed by atoms with E-state index in [1.165, 1.54) is 0 Å². The number of aliphatic hydroxyl groups is 1. The van der Waals surface area contributed by atoms with Crippen LogP contribution < -0.4 is 0 Å². The molecule has 0 aromatic rings. The lowest BCUT2D eigenvalue weighted by Gasteiger charge is -2.39. The van der Waals surface area contributed by atoms with Gasteiger partial charge in [-0.1, -0.05) is 20.8 Å². The van der Waals surface area contributed by atoms with Crippen LogP contribution in [0.5, 0.6) is 0 Å². The van der Waals surface area contributed by atoms with E-state index >= 15 is 0 Å². The van der Waals surface area contributed by atoms with Crippen LogP contribution in [0, 0.1) is 0 Å². The van der Waals surface area contributed by atoms with E-state index in [1.807, 2.05) is 27.7 Å². The van der Waals surface area contributed by atoms with Gasteiger partial charge in [0, 0.05) is 0 Å². The molecule has 2 heterocycles. The first-order chi connectivity index (χ1) is 11.1. The van der Waals surface area contributed by atoms with Crippen molar-refractivity contribution in [3.05, 3.63) is 0 Å². The van der Waals surface area contributed by atoms with Gasteiger partial charge in [0.1, 0.15) is 11.7 Å². The first kappa shape index (κ1) is 21.3. The van der Waals surface area contributed by atoms with Gasteiger partial charge in [-0.2, -0.15) is 0 Å². The van der Waals surface area contributed by atoms with Gasteiger partial charge in [0.05, 0.1) is 24.9 Å². The monoisotopic (exact) mass is 374 g/mol. The van der Waals surface area contributed by atoms with Crippen LogP contribution in [0.25, 0.3) is 0 Å². The smallest absolute Gasteiger partial charge is 0.192 e. The van der Waals surface area contributed by atoms with Gasteiger partial charge >= 0.3 is 0 Å². The Morgan fingerprint density at radius 1 is 1.20 bits per heavy atom. The normalized spacial score (nSPS) is 37.4. The zero-order valence-corrected chi connectivity index (χ0v) is 18.6. The van der Waals surface area contributed by atoms with E-state index in [-0.39, 0.29) is 11.1 Å². The molecule has 2 rings (SSSR count). The molecular weight excluding hydrogens is 336 g/mol. The summed E-state index contributed by atoms with van der Waals surface area (Å²) in [7, 11) is -1.89. The van der Waals surface area contributed by atoms with Crippen LogP contribution >= 0.6 is 0 Å². The molecule has 4 atom stereocenters. The molecule has 0 radical (unpaired) electrons. The highest BCUT2D eigenvalue weighted by Crippen LogP contribution is 2.44. The number of hydrogen-bond donors (Lipinski definition) is 1. The molecule has 2 aliphatic rings. The van der Waals surface area contributed by atoms with Crippen molar-refractivity contribution in [3.63, 3.8) is 0 Å². The highest BCUT2D eigenvalue weighted by molar-refractivity contribution is 6.74. The topological polar surface area (TPSA) is 57.2 Å². The van der Waals surface area contributed by atoms with Crippen molar-refractivity contribution in [1.29, 1.82) is 0 Å². The van der Waals surface area contributed by atoms with Gasteiger partial charge in [-0.05, 0) is 58.7 Å². The molecule has 25 heavy (non-hydrogen) atoms. The molecule has 2 fully saturated rings. The van der Waals surface area contributed by atoms with Crippen molar-refractivity contribution in [2.45, 2.75) is 109 Å². The third-order valence-electron chi connectivity index (χ3n) is 6.29. The average Bonchev–Trinajstić information content (AvgIpc) is 2.98. The zero-order chi connectivity index (χ0) is 19.3. The second-order valence-corrected chi connectivity index (χ2v) is 15.0. The molecule has 0 spiro atoms. The van der Waals surface area contributed by atoms with E-state index in [0.717, 1.165) is 12.8 Å². The maximum Gasteiger partial charge on any atom is 0.192 e. The summed E-state index contributed by atoms with van der Waals surface area (Å²) < 4.78 is 24.4. The summed E-state index contributed by atoms with van der Waals surface area (Å²) in [5.41, 5.74) is -1.08. The molecule has 0 aromatic carbocycles. The minimum atomic E-state index is -1.89. The van der Waals surface area contributed by atoms with Gasteiger partial charge in [-0.25, -0.2) is 0 Å². The summed E-state index contributed by atoms with van der Waals surface area (Å²) >= 11 is 0. The maximum absolute atomic E-state index is 10.8. The van der Waals surface area contributed by atoms with Gasteiger partial charge in [0.2, 0.25) is 0 Å². The Bertz CT molecular complexity index is 487. The van der Waals surface area contributed by atoms with Crippen LogP contribution in [0.4, 0.5) is 0 Å². The Morgan fingerprint density at radius 2 is 1.80 bits per heavy atom. The average molecular weight is 375 g/mol. The summed E-state index contributed by atoms with van der Waals surface area (Å²) in [5.74, 6) is -0.582. The fraction of sp³-hybridized carbons (Fsp3) is 1.00. The SMILES string of the molecule is CC1(C)OC[C@@](C)([C@H]2CC[C@@](C)([C@@H](O)CO[Si](C)(C)C(C)(C)C)O2)O1. The van der Waals surface area contributed by atoms with Crippen LogP contribution in [0.2, 0.25) is 18.1 Å². The van der Waals surface area contributed by atoms with E-state index in [9.17, 15) is 5.11 Å². The van der Waals surface area contributed by atoms with E-state index in [1.54, 1.807) is 0 Å². The largest absolute Gasteiger partial charge is 0.414 e. The third-order valence-corrected chi connectivity index (χ3v) is 10.8. The van der Waals surface area contributed by atoms with Crippen LogP contribution in [0.3, 0.4) is 0 Å². The molecule has 6 heteroatoms. The molecule has 2 aliphatic heterocycles. The van der Waals surface area contributed by atoms with Crippen molar-refractivity contribution >= 4 is 8.32 Å². The van der Waals surface area contributed by atoms with Crippen molar-refractivity contribution < 1.29 is 23.7 Å². The predicted octanol–water partition coefficient (Wildman–Crippen LogP) is 3.85. The molecule has 1 N–H and O–H groups in total. The first-order valence-electron chi connectivity index (χ1n) is 9.44. The molecule has 0 saturated carbocycles. The Balaban J connectivity index is 1.97. The second kappa shape index (κ2) is 6.57. The van der Waals surface area contributed by atoms with Gasteiger partial charge in [-0.3, -0.25) is 0 Å². The molecule has 5 nitrogen and oxygen atoms in total. The zero-order valence-electron chi connectivity index (χ0n) is 17.6. The predicted molar refractivity (Wildman–Crippen MR) is 101 cm³/mol. The lowest BCUT2D eigenvalue weighted by atomic mass is 9.93. The number of rotatable bonds is 5. The fourth-order valence-electron chi connectivity index (χ4n) is 3.31. The highest BCUT2D eigenvalue weighted by Gasteiger charge is 2.54. The molecule has 0 aliphatic carbocycles. The van der Waals surface area contributed by atoms with E-state index in [4.69, 9.17) is 18.6 Å². The van der Waals surface area contributed by atoms with Crippen molar-refractivity contribution in [2.24, 2.45) is 0 Å². The van der Waals surface area contributed by atoms with Gasteiger partial charge in [0.15, 0.2) is 14.1 Å². The Labute approximate surface area is 154 Å². The second-order valence-electron chi connectivity index (χ2n) is 10.1. The number of ether oxygens (including phenoxy) is 3. The van der Waals surface area contributed by atoms with Gasteiger partial charge in [0.25, 0.3) is 0 Å². The Hall–Kier alpha value is 0.0169. The molecule has 0 aromatic heterocycles. The van der Waals surface area contributed by atoms with Crippen molar-refractivity contribution in [2.75, 3.05) is 13.2 Å². The summed E-state index contributed by atoms with van der Waals surface area (Å²) in [4.78, 5) is 0. The van der Waals surface area contributed by atoms with Crippen LogP contribution in [0.1, 0.15) is 61.3 Å². The Kier molecular flexibility index (Phi) is 5.60. The lowest BCUT2D eigenvalue weighted by molar-refractivity contribution is -0.203. The van der Waals surface area contributed by atoms with Gasteiger partial charge in [-0.15, -0.1) is 0 Å². The van der Waals surface area contributed by atoms with Gasteiger partial charge < -0.3 is 23.7 Å². The van der Waals surface area contributed by atoms with E-state index < -0.39 is 31.4 Å². The molecular formula is C19H38O5Si. The van der Waals surface area contributed by atoms with Crippen LogP contribution in [0.15, 0.2) is 0 Å². The molecule has 0 bridgehead atoms. The Morgan fingerprint density at radius 3 is 2.28 bits per heavy atom. The molecule has 148 valence electrons. The quantitative estimate of drug-likeness (QED) is 0.741. The minimum Gasteiger partial charge on any atom is -0.414 e. The molecule has 0 unspecified atom stereocenters. The highest BCUT2D eigenvalue weighted by atomic mass is 28.4. The summed E-state index contributed by atoms with van der Waals surface area (Å²) in [5, 5.41) is 10.9. The summed E-state index contributed by atoms with van der Waals surface area (Å²) in [6, 6.07) is 0. The molecule has 0 amide bonds. The van der Waals surface area contributed by atoms with E-state index in [0.29, 0.717) is 13.2 Å². The fourth-order valence-corrected chi connectivity index (χ4v) is 4.32. The first-order valence-corrected chi connectivity index (χ1v) is 12.4. The van der Waals surface area contributed by atoms with E-state index in [2.05, 4.69) is 33.9 Å². The lowest BCUT2D eigenvalue weighted by Crippen LogP contribution is -2.50. The van der Waals surface area contributed by atoms with Crippen molar-refractivity contribution in [1.82, 2.24) is 0 Å². The standard InChI is InChI=1S/C19H38O5Si/c1-16(2,3)25(8,9)22-12-14(20)18(6)11-10-15(23-18)19(7)13-21-17(4,5)24-19/h14-15,20H,10-13H2,1-9H3/t14-,15+,18-,19-/m0/s1. The van der Waals surface area contributed by atoms with Crippen molar-refractivity contribution in [3.8, 4) is 0 Å². The van der Waals surface area contributed by atoms with Crippen LogP contribution in [-0.2, 0) is 18.6 Å². The summed E-state index contributed by atoms with van der Waals surface area (Å²) in [6.45, 7) is 19.7. The maximum atomic E-state index is 10.8. The number of hydrogen-bond acceptors (Lipinski definition) is 5. The summed E-state index contributed by atoms with van der Waals surface area (Å²) in [6.07, 6.45) is 0.912. The van der Waals surface area contributed by atoms with Crippen LogP contribution in [-0.4, -0.2) is 55.8 Å². The number of aliphatic hydroxyl groups excluding tert-OH is 1. The molecule has 2 saturated heterocycles.